The van der Waals surface area contributed by atoms with Crippen molar-refractivity contribution in [2.45, 2.75) is 31.8 Å². The first-order chi connectivity index (χ1) is 7.66. The van der Waals surface area contributed by atoms with Gasteiger partial charge in [0.2, 0.25) is 0 Å². The highest BCUT2D eigenvalue weighted by molar-refractivity contribution is 6.34. The zero-order valence-corrected chi connectivity index (χ0v) is 10.2. The van der Waals surface area contributed by atoms with Crippen LogP contribution in [0.2, 0.25) is 10.0 Å². The zero-order chi connectivity index (χ0) is 11.5. The zero-order valence-electron chi connectivity index (χ0n) is 8.71. The molecule has 2 rings (SSSR count). The number of hydrogen-bond donors (Lipinski definition) is 0. The Morgan fingerprint density at radius 2 is 2.06 bits per heavy atom. The van der Waals surface area contributed by atoms with E-state index in [0.29, 0.717) is 22.2 Å². The molecule has 16 heavy (non-hydrogen) atoms. The summed E-state index contributed by atoms with van der Waals surface area (Å²) < 4.78 is 5.61. The summed E-state index contributed by atoms with van der Waals surface area (Å²) in [5.74, 6) is 0.650. The van der Waals surface area contributed by atoms with Crippen molar-refractivity contribution in [3.63, 3.8) is 0 Å². The highest BCUT2D eigenvalue weighted by atomic mass is 35.5. The Morgan fingerprint density at radius 1 is 1.25 bits per heavy atom. The number of rotatable bonds is 2. The molecule has 1 atom stereocenters. The molecule has 86 valence electrons. The number of carbonyl (C=O) groups excluding carboxylic acids is 1. The van der Waals surface area contributed by atoms with E-state index in [4.69, 9.17) is 27.9 Å². The van der Waals surface area contributed by atoms with Gasteiger partial charge in [-0.25, -0.2) is 0 Å². The minimum Gasteiger partial charge on any atom is -0.481 e. The second-order valence-electron chi connectivity index (χ2n) is 3.89. The third-order valence-corrected chi connectivity index (χ3v) is 3.21. The Kier molecular flexibility index (Phi) is 3.72. The van der Waals surface area contributed by atoms with Gasteiger partial charge < -0.3 is 4.74 Å². The molecule has 0 spiro atoms. The molecule has 4 heteroatoms. The molecule has 0 saturated heterocycles. The van der Waals surface area contributed by atoms with Crippen LogP contribution in [0.1, 0.15) is 25.7 Å². The number of Topliss-reactive ketones (excluding diaryl/α,β-unsaturated/α-hetero) is 1. The van der Waals surface area contributed by atoms with Crippen molar-refractivity contribution in [3.8, 4) is 5.75 Å². The fraction of sp³-hybridized carbons (Fsp3) is 0.417. The molecule has 0 N–H and O–H groups in total. The van der Waals surface area contributed by atoms with Crippen LogP contribution in [-0.2, 0) is 4.79 Å². The first kappa shape index (κ1) is 11.7. The van der Waals surface area contributed by atoms with Crippen molar-refractivity contribution in [2.24, 2.45) is 0 Å². The van der Waals surface area contributed by atoms with E-state index in [1.807, 2.05) is 0 Å². The monoisotopic (exact) mass is 258 g/mol. The van der Waals surface area contributed by atoms with Crippen LogP contribution in [0.15, 0.2) is 18.2 Å². The molecule has 1 saturated carbocycles. The fourth-order valence-corrected chi connectivity index (χ4v) is 2.12. The predicted octanol–water partition coefficient (Wildman–Crippen LogP) is 3.88. The predicted molar refractivity (Wildman–Crippen MR) is 64.4 cm³/mol. The highest BCUT2D eigenvalue weighted by Gasteiger charge is 2.24. The van der Waals surface area contributed by atoms with E-state index in [9.17, 15) is 4.79 Å². The minimum absolute atomic E-state index is 0.155. The molecule has 0 heterocycles. The average Bonchev–Trinajstić information content (AvgIpc) is 2.27. The van der Waals surface area contributed by atoms with Gasteiger partial charge in [-0.1, -0.05) is 23.2 Å². The molecular formula is C12H12Cl2O2. The van der Waals surface area contributed by atoms with E-state index in [0.717, 1.165) is 19.3 Å². The van der Waals surface area contributed by atoms with Gasteiger partial charge in [-0.05, 0) is 31.4 Å². The lowest BCUT2D eigenvalue weighted by molar-refractivity contribution is -0.127. The summed E-state index contributed by atoms with van der Waals surface area (Å²) in [6.45, 7) is 0. The quantitative estimate of drug-likeness (QED) is 0.805. The number of benzene rings is 1. The summed E-state index contributed by atoms with van der Waals surface area (Å²) in [5.41, 5.74) is 0. The molecule has 0 aromatic heterocycles. The van der Waals surface area contributed by atoms with Crippen LogP contribution in [0.3, 0.4) is 0 Å². The second kappa shape index (κ2) is 5.07. The Labute approximate surface area is 104 Å². The molecule has 1 fully saturated rings. The van der Waals surface area contributed by atoms with E-state index < -0.39 is 0 Å². The average molecular weight is 259 g/mol. The smallest absolute Gasteiger partial charge is 0.173 e. The van der Waals surface area contributed by atoms with Gasteiger partial charge in [0.05, 0.1) is 5.02 Å². The molecule has 0 bridgehead atoms. The standard InChI is InChI=1S/C12H12Cl2O2/c13-8-5-6-9(14)12(7-8)16-11-4-2-1-3-10(11)15/h5-7,11H,1-4H2. The topological polar surface area (TPSA) is 26.3 Å². The van der Waals surface area contributed by atoms with Crippen LogP contribution in [0.25, 0.3) is 0 Å². The van der Waals surface area contributed by atoms with E-state index in [1.54, 1.807) is 18.2 Å². The molecular weight excluding hydrogens is 247 g/mol. The number of hydrogen-bond acceptors (Lipinski definition) is 2. The molecule has 0 radical (unpaired) electrons. The maximum Gasteiger partial charge on any atom is 0.173 e. The Morgan fingerprint density at radius 3 is 2.81 bits per heavy atom. The number of ether oxygens (including phenoxy) is 1. The third kappa shape index (κ3) is 2.69. The summed E-state index contributed by atoms with van der Waals surface area (Å²) in [4.78, 5) is 11.6. The molecule has 2 nitrogen and oxygen atoms in total. The third-order valence-electron chi connectivity index (χ3n) is 2.66. The van der Waals surface area contributed by atoms with Crippen molar-refractivity contribution in [3.05, 3.63) is 28.2 Å². The van der Waals surface area contributed by atoms with Crippen LogP contribution in [0.5, 0.6) is 5.75 Å². The van der Waals surface area contributed by atoms with Crippen LogP contribution >= 0.6 is 23.2 Å². The first-order valence-electron chi connectivity index (χ1n) is 5.31. The molecule has 1 aromatic carbocycles. The van der Waals surface area contributed by atoms with Gasteiger partial charge in [-0.2, -0.15) is 0 Å². The van der Waals surface area contributed by atoms with Gasteiger partial charge in [-0.15, -0.1) is 0 Å². The molecule has 1 aliphatic carbocycles. The summed E-state index contributed by atoms with van der Waals surface area (Å²) in [7, 11) is 0. The number of ketones is 1. The van der Waals surface area contributed by atoms with Gasteiger partial charge in [-0.3, -0.25) is 4.79 Å². The van der Waals surface area contributed by atoms with E-state index in [2.05, 4.69) is 0 Å². The van der Waals surface area contributed by atoms with Crippen molar-refractivity contribution >= 4 is 29.0 Å². The van der Waals surface area contributed by atoms with Gasteiger partial charge in [0.1, 0.15) is 5.75 Å². The Balaban J connectivity index is 2.13. The van der Waals surface area contributed by atoms with Crippen molar-refractivity contribution in [1.82, 2.24) is 0 Å². The van der Waals surface area contributed by atoms with E-state index >= 15 is 0 Å². The summed E-state index contributed by atoms with van der Waals surface area (Å²) in [6, 6.07) is 5.01. The summed E-state index contributed by atoms with van der Waals surface area (Å²) in [5, 5.41) is 1.05. The lowest BCUT2D eigenvalue weighted by Crippen LogP contribution is -2.30. The summed E-state index contributed by atoms with van der Waals surface area (Å²) >= 11 is 11.8. The molecule has 1 unspecified atom stereocenters. The van der Waals surface area contributed by atoms with Gasteiger partial charge in [0.15, 0.2) is 11.9 Å². The van der Waals surface area contributed by atoms with Gasteiger partial charge in [0.25, 0.3) is 0 Å². The summed E-state index contributed by atoms with van der Waals surface area (Å²) in [6.07, 6.45) is 2.99. The van der Waals surface area contributed by atoms with Crippen LogP contribution in [0.4, 0.5) is 0 Å². The Hall–Kier alpha value is -0.730. The van der Waals surface area contributed by atoms with Crippen molar-refractivity contribution in [2.75, 3.05) is 0 Å². The van der Waals surface area contributed by atoms with E-state index in [1.165, 1.54) is 0 Å². The molecule has 0 amide bonds. The largest absolute Gasteiger partial charge is 0.481 e. The SMILES string of the molecule is O=C1CCCCC1Oc1cc(Cl)ccc1Cl. The van der Waals surface area contributed by atoms with Gasteiger partial charge >= 0.3 is 0 Å². The lowest BCUT2D eigenvalue weighted by atomic mass is 9.96. The van der Waals surface area contributed by atoms with Gasteiger partial charge in [0, 0.05) is 17.5 Å². The maximum atomic E-state index is 11.6. The van der Waals surface area contributed by atoms with Crippen molar-refractivity contribution < 1.29 is 9.53 Å². The minimum atomic E-state index is -0.357. The van der Waals surface area contributed by atoms with Crippen LogP contribution in [0, 0.1) is 0 Å². The van der Waals surface area contributed by atoms with Crippen molar-refractivity contribution in [1.29, 1.82) is 0 Å². The second-order valence-corrected chi connectivity index (χ2v) is 4.74. The Bertz CT molecular complexity index is 404. The lowest BCUT2D eigenvalue weighted by Gasteiger charge is -2.22. The molecule has 1 aromatic rings. The first-order valence-corrected chi connectivity index (χ1v) is 6.07. The number of carbonyl (C=O) groups is 1. The van der Waals surface area contributed by atoms with Crippen LogP contribution < -0.4 is 4.74 Å². The molecule has 0 aliphatic heterocycles. The molecule has 1 aliphatic rings. The number of halogens is 2. The maximum absolute atomic E-state index is 11.6. The normalized spacial score (nSPS) is 20.9. The van der Waals surface area contributed by atoms with E-state index in [-0.39, 0.29) is 11.9 Å². The van der Waals surface area contributed by atoms with Crippen LogP contribution in [-0.4, -0.2) is 11.9 Å². The highest BCUT2D eigenvalue weighted by Crippen LogP contribution is 2.30. The fourth-order valence-electron chi connectivity index (χ4n) is 1.80.